The molecule has 11 heavy (non-hydrogen) atoms. The van der Waals surface area contributed by atoms with Crippen molar-refractivity contribution in [2.45, 2.75) is 23.0 Å². The Kier molecular flexibility index (Phi) is 29.0. The van der Waals surface area contributed by atoms with Crippen LogP contribution in [0.3, 0.4) is 0 Å². The average molecular weight is 264 g/mol. The number of hydrogen-bond donors (Lipinski definition) is 1. The first-order chi connectivity index (χ1) is 4.88. The Morgan fingerprint density at radius 2 is 1.09 bits per heavy atom. The van der Waals surface area contributed by atoms with Gasteiger partial charge in [0, 0.05) is 6.61 Å². The van der Waals surface area contributed by atoms with Crippen LogP contribution in [0, 0.1) is 0 Å². The van der Waals surface area contributed by atoms with Gasteiger partial charge in [0.1, 0.15) is 4.84 Å². The molecular weight excluding hydrogens is 253 g/mol. The van der Waals surface area contributed by atoms with Crippen LogP contribution in [0.5, 0.6) is 0 Å². The van der Waals surface area contributed by atoms with Gasteiger partial charge >= 0.3 is 0 Å². The van der Waals surface area contributed by atoms with E-state index in [1.807, 2.05) is 0 Å². The van der Waals surface area contributed by atoms with Crippen LogP contribution in [-0.4, -0.2) is 20.8 Å². The minimum atomic E-state index is -0.750. The number of aliphatic hydroxyl groups is 1. The number of hydrogen-bond acceptors (Lipinski definition) is 1. The maximum Gasteiger partial charge on any atom is 0.180 e. The zero-order chi connectivity index (χ0) is 9.86. The fraction of sp³-hybridized carbons (Fsp3) is 1.00. The quantitative estimate of drug-likeness (QED) is 0.660. The fourth-order valence-electron chi connectivity index (χ4n) is 0. The van der Waals surface area contributed by atoms with Gasteiger partial charge in [0.25, 0.3) is 0 Å². The molecule has 0 aromatic heterocycles. The summed E-state index contributed by atoms with van der Waals surface area (Å²) in [4.78, 5) is -0.222. The molecule has 1 nitrogen and oxygen atoms in total. The second kappa shape index (κ2) is 17.5. The number of alkyl halides is 5. The molecule has 0 rings (SSSR count). The third-order valence-corrected chi connectivity index (χ3v) is 0. The van der Waals surface area contributed by atoms with Gasteiger partial charge in [-0.15, -0.1) is 23.2 Å². The Morgan fingerprint density at radius 1 is 1.09 bits per heavy atom. The molecule has 0 spiro atoms. The van der Waals surface area contributed by atoms with Crippen LogP contribution in [0.1, 0.15) is 13.8 Å². The molecule has 0 fully saturated rings. The SMILES string of the molecule is CC(Cl)Cl.CCO.ClC(Cl)Cl. The molecule has 0 aliphatic rings. The van der Waals surface area contributed by atoms with Crippen LogP contribution < -0.4 is 0 Å². The van der Waals surface area contributed by atoms with Crippen molar-refractivity contribution < 1.29 is 5.11 Å². The van der Waals surface area contributed by atoms with Crippen LogP contribution in [0.2, 0.25) is 0 Å². The Balaban J connectivity index is -0.0000000886. The van der Waals surface area contributed by atoms with Gasteiger partial charge in [0.15, 0.2) is 4.30 Å². The molecule has 0 aliphatic heterocycles. The molecule has 72 valence electrons. The molecule has 0 bridgehead atoms. The first-order valence-electron chi connectivity index (χ1n) is 2.69. The normalized spacial score (nSPS) is 8.18. The minimum absolute atomic E-state index is 0.222. The van der Waals surface area contributed by atoms with Crippen molar-refractivity contribution in [3.05, 3.63) is 0 Å². The van der Waals surface area contributed by atoms with Crippen molar-refractivity contribution in [3.63, 3.8) is 0 Å². The van der Waals surface area contributed by atoms with Gasteiger partial charge < -0.3 is 5.11 Å². The summed E-state index contributed by atoms with van der Waals surface area (Å²) >= 11 is 24.5. The van der Waals surface area contributed by atoms with E-state index in [1.54, 1.807) is 13.8 Å². The highest BCUT2D eigenvalue weighted by molar-refractivity contribution is 6.63. The molecule has 1 N–H and O–H groups in total. The molecule has 6 heteroatoms. The Labute approximate surface area is 92.5 Å². The highest BCUT2D eigenvalue weighted by Gasteiger charge is 1.78. The maximum atomic E-state index is 7.57. The van der Waals surface area contributed by atoms with Crippen molar-refractivity contribution in [2.75, 3.05) is 6.61 Å². The van der Waals surface area contributed by atoms with E-state index >= 15 is 0 Å². The summed E-state index contributed by atoms with van der Waals surface area (Å²) in [5, 5.41) is 7.57. The van der Waals surface area contributed by atoms with E-state index in [2.05, 4.69) is 0 Å². The van der Waals surface area contributed by atoms with E-state index in [1.165, 1.54) is 0 Å². The number of rotatable bonds is 0. The van der Waals surface area contributed by atoms with Gasteiger partial charge in [0.2, 0.25) is 0 Å². The maximum absolute atomic E-state index is 7.57. The molecule has 0 radical (unpaired) electrons. The summed E-state index contributed by atoms with van der Waals surface area (Å²) in [6.45, 7) is 3.63. The van der Waals surface area contributed by atoms with Crippen LogP contribution in [0.4, 0.5) is 0 Å². The smallest absolute Gasteiger partial charge is 0.180 e. The van der Waals surface area contributed by atoms with Crippen LogP contribution in [0.15, 0.2) is 0 Å². The van der Waals surface area contributed by atoms with Gasteiger partial charge in [0.05, 0.1) is 0 Å². The van der Waals surface area contributed by atoms with Gasteiger partial charge in [-0.3, -0.25) is 0 Å². The summed E-state index contributed by atoms with van der Waals surface area (Å²) < 4.78 is -0.750. The monoisotopic (exact) mass is 262 g/mol. The molecule has 0 unspecified atom stereocenters. The fourth-order valence-corrected chi connectivity index (χ4v) is 0. The highest BCUT2D eigenvalue weighted by atomic mass is 35.6. The van der Waals surface area contributed by atoms with E-state index in [0.29, 0.717) is 0 Å². The Bertz CT molecular complexity index is 38.6. The molecule has 0 aromatic rings. The lowest BCUT2D eigenvalue weighted by atomic mass is 10.9. The van der Waals surface area contributed by atoms with Crippen molar-refractivity contribution in [1.82, 2.24) is 0 Å². The highest BCUT2D eigenvalue weighted by Crippen LogP contribution is 2.03. The van der Waals surface area contributed by atoms with Crippen molar-refractivity contribution in [1.29, 1.82) is 0 Å². The lowest BCUT2D eigenvalue weighted by Crippen LogP contribution is -1.63. The first-order valence-corrected chi connectivity index (χ1v) is 4.87. The average Bonchev–Trinajstić information content (AvgIpc) is 1.60. The third kappa shape index (κ3) is 508. The zero-order valence-electron chi connectivity index (χ0n) is 6.20. The van der Waals surface area contributed by atoms with Crippen LogP contribution in [-0.2, 0) is 0 Å². The Morgan fingerprint density at radius 3 is 1.09 bits per heavy atom. The van der Waals surface area contributed by atoms with Gasteiger partial charge in [-0.2, -0.15) is 0 Å². The second-order valence-corrected chi connectivity index (χ2v) is 4.59. The van der Waals surface area contributed by atoms with Crippen molar-refractivity contribution in [3.8, 4) is 0 Å². The lowest BCUT2D eigenvalue weighted by Gasteiger charge is -1.72. The van der Waals surface area contributed by atoms with Crippen molar-refractivity contribution in [2.24, 2.45) is 0 Å². The molecule has 0 saturated heterocycles. The molecular formula is C5H11Cl5O. The lowest BCUT2D eigenvalue weighted by molar-refractivity contribution is 0.318. The summed E-state index contributed by atoms with van der Waals surface area (Å²) in [6, 6.07) is 0. The van der Waals surface area contributed by atoms with E-state index in [-0.39, 0.29) is 11.4 Å². The molecule has 0 saturated carbocycles. The van der Waals surface area contributed by atoms with Crippen molar-refractivity contribution >= 4 is 58.0 Å². The van der Waals surface area contributed by atoms with Gasteiger partial charge in [-0.05, 0) is 13.8 Å². The summed E-state index contributed by atoms with van der Waals surface area (Å²) in [6.07, 6.45) is 0. The summed E-state index contributed by atoms with van der Waals surface area (Å²) in [7, 11) is 0. The van der Waals surface area contributed by atoms with E-state index in [4.69, 9.17) is 63.1 Å². The van der Waals surface area contributed by atoms with Gasteiger partial charge in [-0.1, -0.05) is 34.8 Å². The number of halogens is 5. The molecule has 0 heterocycles. The third-order valence-electron chi connectivity index (χ3n) is 0. The predicted molar refractivity (Wildman–Crippen MR) is 55.3 cm³/mol. The topological polar surface area (TPSA) is 20.2 Å². The standard InChI is InChI=1S/C2H4Cl2.C2H6O.CHCl3/c1-2(3)4;1-2-3;2-1(3)4/h2H,1H3;3H,2H2,1H3;1H. The largest absolute Gasteiger partial charge is 0.397 e. The zero-order valence-corrected chi connectivity index (χ0v) is 9.98. The molecule has 0 aromatic carbocycles. The summed E-state index contributed by atoms with van der Waals surface area (Å²) in [5.74, 6) is 0. The van der Waals surface area contributed by atoms with E-state index < -0.39 is 4.30 Å². The first kappa shape index (κ1) is 18.2. The predicted octanol–water partition coefficient (Wildman–Crippen LogP) is 3.80. The number of aliphatic hydroxyl groups excluding tert-OH is 1. The van der Waals surface area contributed by atoms with E-state index in [9.17, 15) is 0 Å². The van der Waals surface area contributed by atoms with Crippen LogP contribution >= 0.6 is 58.0 Å². The Hall–Kier alpha value is 1.41. The second-order valence-electron chi connectivity index (χ2n) is 1.08. The minimum Gasteiger partial charge on any atom is -0.397 e. The van der Waals surface area contributed by atoms with Crippen LogP contribution in [0.25, 0.3) is 0 Å². The van der Waals surface area contributed by atoms with Gasteiger partial charge in [-0.25, -0.2) is 0 Å². The molecule has 0 aliphatic carbocycles. The molecule has 0 atom stereocenters. The summed E-state index contributed by atoms with van der Waals surface area (Å²) in [5.41, 5.74) is 0. The van der Waals surface area contributed by atoms with E-state index in [0.717, 1.165) is 0 Å². The molecule has 0 amide bonds.